The molecule has 2 rings (SSSR count). The van der Waals surface area contributed by atoms with E-state index in [2.05, 4.69) is 16.0 Å². The van der Waals surface area contributed by atoms with Gasteiger partial charge in [0.25, 0.3) is 5.91 Å². The molecular formula is C21H30N4O4. The van der Waals surface area contributed by atoms with Crippen molar-refractivity contribution in [1.29, 1.82) is 0 Å². The molecule has 0 saturated carbocycles. The zero-order valence-corrected chi connectivity index (χ0v) is 17.7. The maximum atomic E-state index is 12.6. The highest BCUT2D eigenvalue weighted by molar-refractivity contribution is 6.09. The monoisotopic (exact) mass is 402 g/mol. The Balaban J connectivity index is 1.87. The molecule has 29 heavy (non-hydrogen) atoms. The Bertz CT molecular complexity index is 821. The van der Waals surface area contributed by atoms with E-state index >= 15 is 0 Å². The summed E-state index contributed by atoms with van der Waals surface area (Å²) in [6, 6.07) is 4.98. The molecule has 0 aliphatic carbocycles. The highest BCUT2D eigenvalue weighted by atomic mass is 16.2. The van der Waals surface area contributed by atoms with Crippen molar-refractivity contribution < 1.29 is 19.2 Å². The minimum Gasteiger partial charge on any atom is -0.345 e. The highest BCUT2D eigenvalue weighted by Crippen LogP contribution is 2.24. The number of carbonyl (C=O) groups is 4. The average Bonchev–Trinajstić information content (AvgIpc) is 2.86. The topological polar surface area (TPSA) is 108 Å². The first kappa shape index (κ1) is 22.4. The molecule has 0 bridgehead atoms. The van der Waals surface area contributed by atoms with Crippen LogP contribution >= 0.6 is 0 Å². The van der Waals surface area contributed by atoms with E-state index in [-0.39, 0.29) is 12.5 Å². The molecule has 0 unspecified atom stereocenters. The Morgan fingerprint density at radius 3 is 2.52 bits per heavy atom. The van der Waals surface area contributed by atoms with Crippen molar-refractivity contribution in [2.24, 2.45) is 5.92 Å². The molecule has 0 aromatic heterocycles. The van der Waals surface area contributed by atoms with Gasteiger partial charge in [0, 0.05) is 5.69 Å². The van der Waals surface area contributed by atoms with Gasteiger partial charge in [-0.3, -0.25) is 19.3 Å². The maximum Gasteiger partial charge on any atom is 0.325 e. The summed E-state index contributed by atoms with van der Waals surface area (Å²) >= 11 is 0. The third kappa shape index (κ3) is 5.56. The second-order valence-corrected chi connectivity index (χ2v) is 8.16. The van der Waals surface area contributed by atoms with Gasteiger partial charge in [0.2, 0.25) is 11.8 Å². The van der Waals surface area contributed by atoms with Gasteiger partial charge < -0.3 is 16.0 Å². The van der Waals surface area contributed by atoms with Gasteiger partial charge in [-0.15, -0.1) is 0 Å². The van der Waals surface area contributed by atoms with Crippen LogP contribution in [0.15, 0.2) is 18.2 Å². The molecule has 5 amide bonds. The van der Waals surface area contributed by atoms with E-state index < -0.39 is 29.9 Å². The van der Waals surface area contributed by atoms with Crippen molar-refractivity contribution in [1.82, 2.24) is 15.5 Å². The Morgan fingerprint density at radius 1 is 1.17 bits per heavy atom. The van der Waals surface area contributed by atoms with E-state index in [4.69, 9.17) is 0 Å². The lowest BCUT2D eigenvalue weighted by Crippen LogP contribution is -2.46. The number of nitrogens with one attached hydrogen (secondary N) is 3. The molecule has 1 aliphatic rings. The van der Waals surface area contributed by atoms with Gasteiger partial charge in [-0.25, -0.2) is 4.79 Å². The zero-order valence-electron chi connectivity index (χ0n) is 17.7. The third-order valence-electron chi connectivity index (χ3n) is 5.19. The van der Waals surface area contributed by atoms with Crippen LogP contribution in [0, 0.1) is 19.8 Å². The minimum atomic E-state index is -0.998. The summed E-state index contributed by atoms with van der Waals surface area (Å²) in [6.45, 7) is 8.93. The van der Waals surface area contributed by atoms with Crippen LogP contribution in [0.3, 0.4) is 0 Å². The summed E-state index contributed by atoms with van der Waals surface area (Å²) in [4.78, 5) is 50.0. The van der Waals surface area contributed by atoms with Crippen LogP contribution in [0.1, 0.15) is 44.7 Å². The van der Waals surface area contributed by atoms with E-state index in [1.54, 1.807) is 13.0 Å². The Kier molecular flexibility index (Phi) is 7.00. The summed E-state index contributed by atoms with van der Waals surface area (Å²) in [5.74, 6) is -0.980. The number of nitrogens with zero attached hydrogens (tertiary/aromatic N) is 1. The quantitative estimate of drug-likeness (QED) is 0.579. The number of anilines is 1. The van der Waals surface area contributed by atoms with Gasteiger partial charge in [0.05, 0.1) is 6.54 Å². The lowest BCUT2D eigenvalue weighted by Gasteiger charge is -2.22. The predicted octanol–water partition coefficient (Wildman–Crippen LogP) is 2.10. The van der Waals surface area contributed by atoms with Crippen molar-refractivity contribution in [3.05, 3.63) is 29.3 Å². The van der Waals surface area contributed by atoms with Crippen LogP contribution in [0.5, 0.6) is 0 Å². The fourth-order valence-corrected chi connectivity index (χ4v) is 3.10. The van der Waals surface area contributed by atoms with Gasteiger partial charge in [0.1, 0.15) is 12.1 Å². The van der Waals surface area contributed by atoms with Gasteiger partial charge in [-0.1, -0.05) is 26.0 Å². The molecule has 1 heterocycles. The number of hydrogen-bond donors (Lipinski definition) is 3. The molecule has 158 valence electrons. The molecule has 1 saturated heterocycles. The van der Waals surface area contributed by atoms with Crippen molar-refractivity contribution in [3.63, 3.8) is 0 Å². The Morgan fingerprint density at radius 2 is 1.86 bits per heavy atom. The SMILES string of the molecule is Cc1cccc(NC(=O)CNC(=O)CN2C(=O)N[C@](C)(CCC(C)C)C2=O)c1C. The van der Waals surface area contributed by atoms with Crippen molar-refractivity contribution >= 4 is 29.4 Å². The number of aryl methyl sites for hydroxylation is 1. The number of benzene rings is 1. The summed E-state index contributed by atoms with van der Waals surface area (Å²) in [6.07, 6.45) is 1.28. The number of hydrogen-bond acceptors (Lipinski definition) is 4. The van der Waals surface area contributed by atoms with E-state index in [9.17, 15) is 19.2 Å². The molecule has 3 N–H and O–H groups in total. The lowest BCUT2D eigenvalue weighted by atomic mass is 9.92. The van der Waals surface area contributed by atoms with Gasteiger partial charge in [0.15, 0.2) is 0 Å². The molecule has 1 aromatic carbocycles. The second-order valence-electron chi connectivity index (χ2n) is 8.16. The largest absolute Gasteiger partial charge is 0.345 e. The minimum absolute atomic E-state index is 0.250. The van der Waals surface area contributed by atoms with Crippen LogP contribution in [0.4, 0.5) is 10.5 Å². The van der Waals surface area contributed by atoms with Gasteiger partial charge in [-0.2, -0.15) is 0 Å². The van der Waals surface area contributed by atoms with Crippen LogP contribution in [-0.2, 0) is 14.4 Å². The predicted molar refractivity (Wildman–Crippen MR) is 110 cm³/mol. The van der Waals surface area contributed by atoms with E-state index in [1.165, 1.54) is 0 Å². The van der Waals surface area contributed by atoms with E-state index in [1.807, 2.05) is 39.8 Å². The van der Waals surface area contributed by atoms with Crippen molar-refractivity contribution in [2.45, 2.75) is 53.0 Å². The molecule has 0 radical (unpaired) electrons. The molecule has 1 fully saturated rings. The molecule has 1 atom stereocenters. The third-order valence-corrected chi connectivity index (χ3v) is 5.19. The normalized spacial score (nSPS) is 18.8. The maximum absolute atomic E-state index is 12.6. The smallest absolute Gasteiger partial charge is 0.325 e. The zero-order chi connectivity index (χ0) is 21.8. The molecule has 8 heteroatoms. The second kappa shape index (κ2) is 9.07. The first-order valence-electron chi connectivity index (χ1n) is 9.80. The molecule has 8 nitrogen and oxygen atoms in total. The molecule has 1 aliphatic heterocycles. The molecule has 0 spiro atoms. The Labute approximate surface area is 171 Å². The Hall–Kier alpha value is -2.90. The highest BCUT2D eigenvalue weighted by Gasteiger charge is 2.47. The van der Waals surface area contributed by atoms with E-state index in [0.29, 0.717) is 18.0 Å². The van der Waals surface area contributed by atoms with Crippen LogP contribution in [0.2, 0.25) is 0 Å². The van der Waals surface area contributed by atoms with Crippen molar-refractivity contribution in [2.75, 3.05) is 18.4 Å². The summed E-state index contributed by atoms with van der Waals surface area (Å²) in [7, 11) is 0. The van der Waals surface area contributed by atoms with Crippen LogP contribution in [-0.4, -0.2) is 47.3 Å². The van der Waals surface area contributed by atoms with Crippen molar-refractivity contribution in [3.8, 4) is 0 Å². The molecule has 1 aromatic rings. The van der Waals surface area contributed by atoms with Crippen LogP contribution < -0.4 is 16.0 Å². The fraction of sp³-hybridized carbons (Fsp3) is 0.524. The number of amides is 5. The summed E-state index contributed by atoms with van der Waals surface area (Å²) < 4.78 is 0. The number of rotatable bonds is 8. The fourth-order valence-electron chi connectivity index (χ4n) is 3.10. The first-order chi connectivity index (χ1) is 13.5. The number of imide groups is 1. The first-order valence-corrected chi connectivity index (χ1v) is 9.80. The van der Waals surface area contributed by atoms with Crippen LogP contribution in [0.25, 0.3) is 0 Å². The van der Waals surface area contributed by atoms with Gasteiger partial charge >= 0.3 is 6.03 Å². The van der Waals surface area contributed by atoms with Gasteiger partial charge in [-0.05, 0) is 56.7 Å². The number of carbonyl (C=O) groups excluding carboxylic acids is 4. The van der Waals surface area contributed by atoms with E-state index in [0.717, 1.165) is 22.4 Å². The molecular weight excluding hydrogens is 372 g/mol. The standard InChI is InChI=1S/C21H30N4O4/c1-13(2)9-10-21(5)19(28)25(20(29)24-21)12-18(27)22-11-17(26)23-16-8-6-7-14(3)15(16)4/h6-8,13H,9-12H2,1-5H3,(H,22,27)(H,23,26)(H,24,29)/t21-/m1/s1. The lowest BCUT2D eigenvalue weighted by molar-refractivity contribution is -0.135. The number of urea groups is 1. The summed E-state index contributed by atoms with van der Waals surface area (Å²) in [5, 5.41) is 7.88. The summed E-state index contributed by atoms with van der Waals surface area (Å²) in [5.41, 5.74) is 1.68. The average molecular weight is 402 g/mol.